The third-order valence-corrected chi connectivity index (χ3v) is 3.24. The van der Waals surface area contributed by atoms with Gasteiger partial charge in [0.25, 0.3) is 0 Å². The van der Waals surface area contributed by atoms with Gasteiger partial charge in [0, 0.05) is 12.0 Å². The number of aliphatic hydroxyl groups is 1. The van der Waals surface area contributed by atoms with Gasteiger partial charge in [0.1, 0.15) is 11.5 Å². The minimum atomic E-state index is -0.800. The van der Waals surface area contributed by atoms with Crippen LogP contribution < -0.4 is 5.63 Å². The Balaban J connectivity index is 2.35. The van der Waals surface area contributed by atoms with Crippen molar-refractivity contribution in [3.8, 4) is 5.75 Å². The van der Waals surface area contributed by atoms with Gasteiger partial charge in [0.15, 0.2) is 0 Å². The zero-order chi connectivity index (χ0) is 14.0. The maximum absolute atomic E-state index is 11.5. The first-order valence-electron chi connectivity index (χ1n) is 6.07. The number of hydrogen-bond donors (Lipinski definition) is 2. The van der Waals surface area contributed by atoms with Crippen LogP contribution in [0.2, 0.25) is 0 Å². The van der Waals surface area contributed by atoms with Gasteiger partial charge in [-0.2, -0.15) is 0 Å². The van der Waals surface area contributed by atoms with Crippen LogP contribution in [0.25, 0.3) is 0 Å². The first-order chi connectivity index (χ1) is 9.00. The average Bonchev–Trinajstić information content (AvgIpc) is 2.43. The van der Waals surface area contributed by atoms with Crippen molar-refractivity contribution in [2.24, 2.45) is 0 Å². The molecule has 2 rings (SSSR count). The zero-order valence-corrected chi connectivity index (χ0v) is 10.8. The average molecular weight is 260 g/mol. The molecule has 2 N–H and O–H groups in total. The summed E-state index contributed by atoms with van der Waals surface area (Å²) in [6.07, 6.45) is -0.800. The molecule has 4 heteroatoms. The van der Waals surface area contributed by atoms with Gasteiger partial charge in [-0.3, -0.25) is 0 Å². The molecule has 0 radical (unpaired) electrons. The van der Waals surface area contributed by atoms with Crippen molar-refractivity contribution >= 4 is 0 Å². The Hall–Kier alpha value is -2.07. The van der Waals surface area contributed by atoms with Crippen LogP contribution in [-0.4, -0.2) is 10.2 Å². The third kappa shape index (κ3) is 2.69. The van der Waals surface area contributed by atoms with Crippen molar-refractivity contribution in [3.05, 3.63) is 63.7 Å². The number of hydrogen-bond acceptors (Lipinski definition) is 4. The molecule has 1 heterocycles. The molecule has 19 heavy (non-hydrogen) atoms. The van der Waals surface area contributed by atoms with Gasteiger partial charge in [0.2, 0.25) is 0 Å². The molecule has 0 aliphatic carbocycles. The molecule has 100 valence electrons. The first kappa shape index (κ1) is 13.4. The van der Waals surface area contributed by atoms with E-state index in [0.29, 0.717) is 0 Å². The van der Waals surface area contributed by atoms with E-state index < -0.39 is 17.6 Å². The fraction of sp³-hybridized carbons (Fsp3) is 0.267. The SMILES string of the molecule is Cc1c(O)cc([C@H](C)[C@H](O)c2ccccc2)oc1=O. The van der Waals surface area contributed by atoms with Crippen LogP contribution >= 0.6 is 0 Å². The Morgan fingerprint density at radius 3 is 2.42 bits per heavy atom. The minimum Gasteiger partial charge on any atom is -0.507 e. The normalized spacial score (nSPS) is 14.1. The molecule has 0 fully saturated rings. The van der Waals surface area contributed by atoms with E-state index in [0.717, 1.165) is 5.56 Å². The van der Waals surface area contributed by atoms with Crippen molar-refractivity contribution in [2.45, 2.75) is 25.9 Å². The lowest BCUT2D eigenvalue weighted by Gasteiger charge is -2.18. The lowest BCUT2D eigenvalue weighted by Crippen LogP contribution is -2.12. The number of benzene rings is 1. The van der Waals surface area contributed by atoms with Gasteiger partial charge in [-0.15, -0.1) is 0 Å². The van der Waals surface area contributed by atoms with Crippen molar-refractivity contribution in [1.29, 1.82) is 0 Å². The van der Waals surface area contributed by atoms with Gasteiger partial charge in [-0.05, 0) is 12.5 Å². The highest BCUT2D eigenvalue weighted by Gasteiger charge is 2.22. The molecule has 0 bridgehead atoms. The van der Waals surface area contributed by atoms with Crippen LogP contribution in [0.5, 0.6) is 5.75 Å². The second-order valence-electron chi connectivity index (χ2n) is 4.59. The van der Waals surface area contributed by atoms with E-state index >= 15 is 0 Å². The quantitative estimate of drug-likeness (QED) is 0.889. The second kappa shape index (κ2) is 5.28. The second-order valence-corrected chi connectivity index (χ2v) is 4.59. The molecular weight excluding hydrogens is 244 g/mol. The van der Waals surface area contributed by atoms with Gasteiger partial charge in [-0.25, -0.2) is 4.79 Å². The Bertz CT molecular complexity index is 616. The molecule has 1 aromatic heterocycles. The summed E-state index contributed by atoms with van der Waals surface area (Å²) in [5, 5.41) is 19.9. The van der Waals surface area contributed by atoms with Crippen molar-refractivity contribution < 1.29 is 14.6 Å². The number of aliphatic hydroxyl groups excluding tert-OH is 1. The molecule has 2 aromatic rings. The van der Waals surface area contributed by atoms with E-state index in [1.807, 2.05) is 18.2 Å². The van der Waals surface area contributed by atoms with Crippen LogP contribution in [0.1, 0.15) is 35.8 Å². The highest BCUT2D eigenvalue weighted by Crippen LogP contribution is 2.31. The molecule has 0 unspecified atom stereocenters. The Morgan fingerprint density at radius 2 is 1.84 bits per heavy atom. The van der Waals surface area contributed by atoms with E-state index in [1.54, 1.807) is 19.1 Å². The van der Waals surface area contributed by atoms with Gasteiger partial charge < -0.3 is 14.6 Å². The van der Waals surface area contributed by atoms with Crippen molar-refractivity contribution in [1.82, 2.24) is 0 Å². The molecule has 0 aliphatic rings. The molecule has 0 amide bonds. The van der Waals surface area contributed by atoms with Crippen LogP contribution in [0.15, 0.2) is 45.6 Å². The lowest BCUT2D eigenvalue weighted by molar-refractivity contribution is 0.139. The topological polar surface area (TPSA) is 70.7 Å². The molecule has 0 spiro atoms. The summed E-state index contributed by atoms with van der Waals surface area (Å²) in [7, 11) is 0. The van der Waals surface area contributed by atoms with E-state index in [2.05, 4.69) is 0 Å². The number of rotatable bonds is 3. The lowest BCUT2D eigenvalue weighted by atomic mass is 9.95. The van der Waals surface area contributed by atoms with E-state index in [9.17, 15) is 15.0 Å². The summed E-state index contributed by atoms with van der Waals surface area (Å²) < 4.78 is 5.12. The first-order valence-corrected chi connectivity index (χ1v) is 6.07. The fourth-order valence-corrected chi connectivity index (χ4v) is 1.88. The van der Waals surface area contributed by atoms with Crippen LogP contribution in [0, 0.1) is 6.92 Å². The van der Waals surface area contributed by atoms with Gasteiger partial charge >= 0.3 is 5.63 Å². The molecule has 0 saturated carbocycles. The van der Waals surface area contributed by atoms with E-state index in [1.165, 1.54) is 13.0 Å². The highest BCUT2D eigenvalue weighted by molar-refractivity contribution is 5.31. The van der Waals surface area contributed by atoms with Gasteiger partial charge in [-0.1, -0.05) is 37.3 Å². The smallest absolute Gasteiger partial charge is 0.342 e. The highest BCUT2D eigenvalue weighted by atomic mass is 16.4. The third-order valence-electron chi connectivity index (χ3n) is 3.24. The Morgan fingerprint density at radius 1 is 1.21 bits per heavy atom. The van der Waals surface area contributed by atoms with Crippen molar-refractivity contribution in [2.75, 3.05) is 0 Å². The van der Waals surface area contributed by atoms with E-state index in [4.69, 9.17) is 4.42 Å². The van der Waals surface area contributed by atoms with Crippen LogP contribution in [0.3, 0.4) is 0 Å². The maximum Gasteiger partial charge on any atom is 0.342 e. The molecule has 1 aromatic carbocycles. The van der Waals surface area contributed by atoms with Crippen LogP contribution in [0.4, 0.5) is 0 Å². The molecule has 0 aliphatic heterocycles. The molecule has 4 nitrogen and oxygen atoms in total. The minimum absolute atomic E-state index is 0.113. The zero-order valence-electron chi connectivity index (χ0n) is 10.8. The summed E-state index contributed by atoms with van der Waals surface area (Å²) in [6.45, 7) is 3.23. The monoisotopic (exact) mass is 260 g/mol. The maximum atomic E-state index is 11.5. The van der Waals surface area contributed by atoms with Gasteiger partial charge in [0.05, 0.1) is 11.7 Å². The largest absolute Gasteiger partial charge is 0.507 e. The van der Waals surface area contributed by atoms with Crippen molar-refractivity contribution in [3.63, 3.8) is 0 Å². The molecular formula is C15H16O4. The summed E-state index contributed by atoms with van der Waals surface area (Å²) in [4.78, 5) is 11.5. The Labute approximate surface area is 111 Å². The van der Waals surface area contributed by atoms with Crippen LogP contribution in [-0.2, 0) is 0 Å². The summed E-state index contributed by atoms with van der Waals surface area (Å²) >= 11 is 0. The standard InChI is InChI=1S/C15H16O4/c1-9-12(16)8-13(19-15(9)18)10(2)14(17)11-6-4-3-5-7-11/h3-8,10,14,16-17H,1-2H3/t10-,14-/m0/s1. The summed E-state index contributed by atoms with van der Waals surface area (Å²) in [5.74, 6) is -0.274. The predicted molar refractivity (Wildman–Crippen MR) is 71.2 cm³/mol. The van der Waals surface area contributed by atoms with E-state index in [-0.39, 0.29) is 17.1 Å². The fourth-order valence-electron chi connectivity index (χ4n) is 1.88. The molecule has 0 saturated heterocycles. The summed E-state index contributed by atoms with van der Waals surface area (Å²) in [6, 6.07) is 10.5. The number of aromatic hydroxyl groups is 1. The molecule has 2 atom stereocenters. The summed E-state index contributed by atoms with van der Waals surface area (Å²) in [5.41, 5.74) is 0.324. The predicted octanol–water partition coefficient (Wildman–Crippen LogP) is 2.49. The Kier molecular flexibility index (Phi) is 3.71.